The van der Waals surface area contributed by atoms with Gasteiger partial charge in [0.05, 0.1) is 4.90 Å². The first-order chi connectivity index (χ1) is 11.9. The van der Waals surface area contributed by atoms with Crippen LogP contribution in [0.5, 0.6) is 0 Å². The molecule has 2 N–H and O–H groups in total. The first-order valence-electron chi connectivity index (χ1n) is 9.01. The number of hydrogen-bond acceptors (Lipinski definition) is 4. The molecule has 0 bridgehead atoms. The van der Waals surface area contributed by atoms with Gasteiger partial charge in [-0.15, -0.1) is 12.4 Å². The number of amides is 1. The maximum absolute atomic E-state index is 12.5. The van der Waals surface area contributed by atoms with Crippen LogP contribution in [-0.2, 0) is 21.2 Å². The molecule has 1 saturated heterocycles. The molecule has 1 aromatic carbocycles. The Kier molecular flexibility index (Phi) is 9.03. The van der Waals surface area contributed by atoms with E-state index in [1.165, 1.54) is 4.31 Å². The lowest BCUT2D eigenvalue weighted by Crippen LogP contribution is -2.45. The van der Waals surface area contributed by atoms with Gasteiger partial charge in [0.15, 0.2) is 0 Å². The SMILES string of the molecule is CCN(CC)S(=O)(=O)c1ccc(CCC(=O)N2CCCC(N)C2)cc1.Cl. The zero-order valence-corrected chi connectivity index (χ0v) is 17.2. The van der Waals surface area contributed by atoms with Crippen LogP contribution in [0, 0.1) is 0 Å². The number of sulfonamides is 1. The smallest absolute Gasteiger partial charge is 0.243 e. The second-order valence-electron chi connectivity index (χ2n) is 6.48. The van der Waals surface area contributed by atoms with Crippen molar-refractivity contribution < 1.29 is 13.2 Å². The van der Waals surface area contributed by atoms with Crippen molar-refractivity contribution in [3.05, 3.63) is 29.8 Å². The number of halogens is 1. The third kappa shape index (κ3) is 5.67. The van der Waals surface area contributed by atoms with Gasteiger partial charge in [0.25, 0.3) is 0 Å². The predicted molar refractivity (Wildman–Crippen MR) is 106 cm³/mol. The molecular weight excluding hydrogens is 374 g/mol. The minimum Gasteiger partial charge on any atom is -0.341 e. The predicted octanol–water partition coefficient (Wildman–Crippen LogP) is 2.02. The molecule has 0 aromatic heterocycles. The lowest BCUT2D eigenvalue weighted by Gasteiger charge is -2.30. The van der Waals surface area contributed by atoms with Crippen LogP contribution < -0.4 is 5.73 Å². The summed E-state index contributed by atoms with van der Waals surface area (Å²) in [5.41, 5.74) is 6.89. The Morgan fingerprint density at radius 2 is 1.85 bits per heavy atom. The Bertz CT molecular complexity index is 675. The number of nitrogens with two attached hydrogens (primary N) is 1. The number of carbonyl (C=O) groups excluding carboxylic acids is 1. The van der Waals surface area contributed by atoms with E-state index in [1.54, 1.807) is 24.3 Å². The number of hydrogen-bond donors (Lipinski definition) is 1. The van der Waals surface area contributed by atoms with E-state index in [2.05, 4.69) is 0 Å². The second kappa shape index (κ2) is 10.3. The fourth-order valence-electron chi connectivity index (χ4n) is 3.19. The zero-order chi connectivity index (χ0) is 18.4. The van der Waals surface area contributed by atoms with Gasteiger partial charge in [0, 0.05) is 38.6 Å². The van der Waals surface area contributed by atoms with Crippen LogP contribution in [0.3, 0.4) is 0 Å². The van der Waals surface area contributed by atoms with E-state index in [9.17, 15) is 13.2 Å². The van der Waals surface area contributed by atoms with E-state index in [1.807, 2.05) is 18.7 Å². The van der Waals surface area contributed by atoms with Crippen LogP contribution in [0.25, 0.3) is 0 Å². The molecule has 1 aromatic rings. The van der Waals surface area contributed by atoms with Crippen molar-refractivity contribution >= 4 is 28.3 Å². The van der Waals surface area contributed by atoms with E-state index >= 15 is 0 Å². The molecule has 1 heterocycles. The molecule has 148 valence electrons. The fourth-order valence-corrected chi connectivity index (χ4v) is 4.64. The van der Waals surface area contributed by atoms with Crippen molar-refractivity contribution in [3.63, 3.8) is 0 Å². The molecule has 0 saturated carbocycles. The normalized spacial score (nSPS) is 17.8. The summed E-state index contributed by atoms with van der Waals surface area (Å²) in [6.07, 6.45) is 2.97. The summed E-state index contributed by atoms with van der Waals surface area (Å²) < 4.78 is 26.4. The molecule has 1 aliphatic heterocycles. The van der Waals surface area contributed by atoms with Gasteiger partial charge in [-0.05, 0) is 37.0 Å². The van der Waals surface area contributed by atoms with Gasteiger partial charge in [-0.3, -0.25) is 4.79 Å². The van der Waals surface area contributed by atoms with Crippen molar-refractivity contribution in [2.24, 2.45) is 5.73 Å². The zero-order valence-electron chi connectivity index (χ0n) is 15.6. The lowest BCUT2D eigenvalue weighted by molar-refractivity contribution is -0.132. The first kappa shape index (κ1) is 22.9. The molecule has 6 nitrogen and oxygen atoms in total. The highest BCUT2D eigenvalue weighted by atomic mass is 35.5. The molecule has 2 rings (SSSR count). The monoisotopic (exact) mass is 403 g/mol. The first-order valence-corrected chi connectivity index (χ1v) is 10.4. The molecule has 26 heavy (non-hydrogen) atoms. The summed E-state index contributed by atoms with van der Waals surface area (Å²) >= 11 is 0. The van der Waals surface area contributed by atoms with Crippen molar-refractivity contribution in [1.29, 1.82) is 0 Å². The third-order valence-electron chi connectivity index (χ3n) is 4.70. The van der Waals surface area contributed by atoms with Crippen LogP contribution in [-0.4, -0.2) is 55.8 Å². The van der Waals surface area contributed by atoms with Gasteiger partial charge in [-0.25, -0.2) is 8.42 Å². The van der Waals surface area contributed by atoms with Crippen LogP contribution in [0.15, 0.2) is 29.2 Å². The standard InChI is InChI=1S/C18H29N3O3S.ClH/c1-3-21(4-2)25(23,24)17-10-7-15(8-11-17)9-12-18(22)20-13-5-6-16(19)14-20;/h7-8,10-11,16H,3-6,9,12-14,19H2,1-2H3;1H. The van der Waals surface area contributed by atoms with Crippen molar-refractivity contribution in [3.8, 4) is 0 Å². The average Bonchev–Trinajstić information content (AvgIpc) is 2.61. The van der Waals surface area contributed by atoms with E-state index in [-0.39, 0.29) is 24.4 Å². The van der Waals surface area contributed by atoms with Gasteiger partial charge in [0.1, 0.15) is 0 Å². The number of rotatable bonds is 7. The number of aryl methyl sites for hydroxylation is 1. The van der Waals surface area contributed by atoms with E-state index in [0.717, 1.165) is 24.9 Å². The number of piperidine rings is 1. The molecule has 0 aliphatic carbocycles. The number of carbonyl (C=O) groups is 1. The fraction of sp³-hybridized carbons (Fsp3) is 0.611. The molecule has 1 aliphatic rings. The summed E-state index contributed by atoms with van der Waals surface area (Å²) in [6, 6.07) is 6.94. The molecule has 1 amide bonds. The van der Waals surface area contributed by atoms with E-state index in [4.69, 9.17) is 5.73 Å². The van der Waals surface area contributed by atoms with Crippen molar-refractivity contribution in [2.75, 3.05) is 26.2 Å². The molecule has 1 atom stereocenters. The van der Waals surface area contributed by atoms with Crippen LogP contribution in [0.1, 0.15) is 38.7 Å². The van der Waals surface area contributed by atoms with Crippen molar-refractivity contribution in [2.45, 2.75) is 50.5 Å². The Balaban J connectivity index is 0.00000338. The maximum Gasteiger partial charge on any atom is 0.243 e. The Labute approximate surface area is 163 Å². The van der Waals surface area contributed by atoms with Crippen LogP contribution in [0.4, 0.5) is 0 Å². The van der Waals surface area contributed by atoms with Gasteiger partial charge < -0.3 is 10.6 Å². The minimum absolute atomic E-state index is 0. The summed E-state index contributed by atoms with van der Waals surface area (Å²) in [5.74, 6) is 0.120. The minimum atomic E-state index is -3.43. The van der Waals surface area contributed by atoms with Crippen molar-refractivity contribution in [1.82, 2.24) is 9.21 Å². The molecule has 0 radical (unpaired) electrons. The van der Waals surface area contributed by atoms with Gasteiger partial charge in [-0.2, -0.15) is 4.31 Å². The lowest BCUT2D eigenvalue weighted by atomic mass is 10.0. The topological polar surface area (TPSA) is 83.7 Å². The number of likely N-dealkylation sites (tertiary alicyclic amines) is 1. The summed E-state index contributed by atoms with van der Waals surface area (Å²) in [5, 5.41) is 0. The van der Waals surface area contributed by atoms with E-state index in [0.29, 0.717) is 37.4 Å². The van der Waals surface area contributed by atoms with Gasteiger partial charge in [0.2, 0.25) is 15.9 Å². The highest BCUT2D eigenvalue weighted by Gasteiger charge is 2.22. The third-order valence-corrected chi connectivity index (χ3v) is 6.77. The molecule has 1 fully saturated rings. The molecule has 0 spiro atoms. The summed E-state index contributed by atoms with van der Waals surface area (Å²) in [4.78, 5) is 14.4. The maximum atomic E-state index is 12.5. The summed E-state index contributed by atoms with van der Waals surface area (Å²) in [6.45, 7) is 5.98. The van der Waals surface area contributed by atoms with Gasteiger partial charge >= 0.3 is 0 Å². The number of benzene rings is 1. The Morgan fingerprint density at radius 3 is 2.38 bits per heavy atom. The molecular formula is C18H30ClN3O3S. The van der Waals surface area contributed by atoms with Crippen LogP contribution in [0.2, 0.25) is 0 Å². The summed E-state index contributed by atoms with van der Waals surface area (Å²) in [7, 11) is -3.43. The van der Waals surface area contributed by atoms with Gasteiger partial charge in [-0.1, -0.05) is 26.0 Å². The second-order valence-corrected chi connectivity index (χ2v) is 8.41. The quantitative estimate of drug-likeness (QED) is 0.754. The average molecular weight is 404 g/mol. The van der Waals surface area contributed by atoms with E-state index < -0.39 is 10.0 Å². The highest BCUT2D eigenvalue weighted by molar-refractivity contribution is 7.89. The molecule has 8 heteroatoms. The van der Waals surface area contributed by atoms with Crippen LogP contribution >= 0.6 is 12.4 Å². The highest BCUT2D eigenvalue weighted by Crippen LogP contribution is 2.17. The molecule has 1 unspecified atom stereocenters. The number of nitrogens with zero attached hydrogens (tertiary/aromatic N) is 2. The Morgan fingerprint density at radius 1 is 1.23 bits per heavy atom. The largest absolute Gasteiger partial charge is 0.341 e. The Hall–Kier alpha value is -1.15.